The second kappa shape index (κ2) is 11.7. The number of anilines is 3. The summed E-state index contributed by atoms with van der Waals surface area (Å²) in [4.78, 5) is 0. The summed E-state index contributed by atoms with van der Waals surface area (Å²) in [7, 11) is 0. The molecule has 0 fully saturated rings. The van der Waals surface area contributed by atoms with Gasteiger partial charge in [-0.2, -0.15) is 0 Å². The van der Waals surface area contributed by atoms with Crippen molar-refractivity contribution >= 4 is 68.0 Å². The summed E-state index contributed by atoms with van der Waals surface area (Å²) >= 11 is 0. The number of hydrogen-bond acceptors (Lipinski definition) is 4. The normalized spacial score (nSPS) is 8.57. The number of halogens is 3. The van der Waals surface area contributed by atoms with Gasteiger partial charge < -0.3 is 21.5 Å². The molecule has 0 heterocycles. The molecule has 0 unspecified atom stereocenters. The van der Waals surface area contributed by atoms with Crippen molar-refractivity contribution in [3.05, 3.63) is 48.5 Å². The second-order valence-corrected chi connectivity index (χ2v) is 3.96. The molecule has 0 saturated carbocycles. The van der Waals surface area contributed by atoms with Crippen LogP contribution in [0.3, 0.4) is 0 Å². The fourth-order valence-electron chi connectivity index (χ4n) is 1.68. The number of hydrogen-bond donors (Lipinski definition) is 4. The Balaban J connectivity index is 0. The predicted octanol–water partition coefficient (Wildman–Crippen LogP) is 4.23. The van der Waals surface area contributed by atoms with Crippen LogP contribution in [0, 0.1) is 0 Å². The smallest absolute Gasteiger partial charge is 0.138 e. The molecule has 5 N–H and O–H groups in total. The zero-order chi connectivity index (χ0) is 12.8. The van der Waals surface area contributed by atoms with Crippen LogP contribution in [0.5, 0.6) is 5.75 Å². The molecule has 2 aromatic rings. The molecular weight excluding hydrogens is 466 g/mol. The highest BCUT2D eigenvalue weighted by Gasteiger charge is 1.98. The zero-order valence-corrected chi connectivity index (χ0v) is 16.4. The van der Waals surface area contributed by atoms with Gasteiger partial charge in [0.15, 0.2) is 0 Å². The second-order valence-electron chi connectivity index (χ2n) is 3.96. The van der Waals surface area contributed by atoms with Gasteiger partial charge in [0.05, 0.1) is 17.1 Å². The van der Waals surface area contributed by atoms with Crippen LogP contribution in [0.15, 0.2) is 48.5 Å². The first-order valence-electron chi connectivity index (χ1n) is 5.87. The Kier molecular flexibility index (Phi) is 12.5. The van der Waals surface area contributed by atoms with E-state index in [1.54, 1.807) is 12.1 Å². The number of benzene rings is 2. The first-order valence-corrected chi connectivity index (χ1v) is 5.87. The molecule has 0 radical (unpaired) electrons. The summed E-state index contributed by atoms with van der Waals surface area (Å²) in [5.74, 6) is 0.261. The predicted molar refractivity (Wildman–Crippen MR) is 107 cm³/mol. The van der Waals surface area contributed by atoms with Gasteiger partial charge >= 0.3 is 0 Å². The minimum atomic E-state index is 0. The van der Waals surface area contributed by atoms with Crippen molar-refractivity contribution < 1.29 is 5.11 Å². The number of phenols is 1. The standard InChI is InChI=1S/C14H17N3O.3BrH/c15-11-5-1-2-6-12(11)16-9-10-17-13-7-3-4-8-14(13)18;;;/h1-8,16-18H,9-10,15H2;3*1H. The Bertz CT molecular complexity index is 479. The van der Waals surface area contributed by atoms with Crippen molar-refractivity contribution in [2.75, 3.05) is 29.5 Å². The molecule has 0 aromatic heterocycles. The van der Waals surface area contributed by atoms with Crippen molar-refractivity contribution in [1.29, 1.82) is 0 Å². The summed E-state index contributed by atoms with van der Waals surface area (Å²) in [5.41, 5.74) is 8.22. The van der Waals surface area contributed by atoms with Crippen LogP contribution in [-0.2, 0) is 0 Å². The zero-order valence-electron chi connectivity index (χ0n) is 11.3. The van der Waals surface area contributed by atoms with Crippen molar-refractivity contribution in [2.24, 2.45) is 0 Å². The van der Waals surface area contributed by atoms with E-state index in [2.05, 4.69) is 10.6 Å². The Morgan fingerprint density at radius 1 is 0.762 bits per heavy atom. The van der Waals surface area contributed by atoms with E-state index in [-0.39, 0.29) is 56.7 Å². The van der Waals surface area contributed by atoms with Gasteiger partial charge in [-0.3, -0.25) is 0 Å². The van der Waals surface area contributed by atoms with Gasteiger partial charge in [0, 0.05) is 13.1 Å². The summed E-state index contributed by atoms with van der Waals surface area (Å²) in [6.07, 6.45) is 0. The third-order valence-corrected chi connectivity index (χ3v) is 2.62. The first kappa shape index (κ1) is 22.4. The molecule has 7 heteroatoms. The Labute approximate surface area is 156 Å². The number of nitrogens with one attached hydrogen (secondary N) is 2. The lowest BCUT2D eigenvalue weighted by molar-refractivity contribution is 0.477. The minimum Gasteiger partial charge on any atom is -0.506 e. The Morgan fingerprint density at radius 2 is 1.24 bits per heavy atom. The molecule has 118 valence electrons. The van der Waals surface area contributed by atoms with Crippen LogP contribution in [0.4, 0.5) is 17.1 Å². The molecular formula is C14H20Br3N3O. The molecule has 0 aliphatic heterocycles. The Morgan fingerprint density at radius 3 is 1.81 bits per heavy atom. The van der Waals surface area contributed by atoms with Crippen LogP contribution in [0.25, 0.3) is 0 Å². The maximum absolute atomic E-state index is 9.57. The third-order valence-electron chi connectivity index (χ3n) is 2.62. The lowest BCUT2D eigenvalue weighted by Crippen LogP contribution is -2.14. The van der Waals surface area contributed by atoms with Crippen LogP contribution in [-0.4, -0.2) is 18.2 Å². The summed E-state index contributed by atoms with van der Waals surface area (Å²) < 4.78 is 0. The number of rotatable bonds is 5. The summed E-state index contributed by atoms with van der Waals surface area (Å²) in [5, 5.41) is 16.0. The fourth-order valence-corrected chi connectivity index (χ4v) is 1.68. The van der Waals surface area contributed by atoms with Crippen molar-refractivity contribution in [3.63, 3.8) is 0 Å². The molecule has 0 bridgehead atoms. The van der Waals surface area contributed by atoms with Crippen LogP contribution < -0.4 is 16.4 Å². The molecule has 4 nitrogen and oxygen atoms in total. The van der Waals surface area contributed by atoms with Gasteiger partial charge in [0.1, 0.15) is 5.75 Å². The molecule has 0 spiro atoms. The first-order chi connectivity index (χ1) is 8.77. The maximum atomic E-state index is 9.57. The topological polar surface area (TPSA) is 70.3 Å². The van der Waals surface area contributed by atoms with E-state index in [0.717, 1.165) is 23.6 Å². The van der Waals surface area contributed by atoms with Crippen LogP contribution in [0.1, 0.15) is 0 Å². The van der Waals surface area contributed by atoms with Gasteiger partial charge in [-0.15, -0.1) is 50.9 Å². The van der Waals surface area contributed by atoms with Gasteiger partial charge in [-0.25, -0.2) is 0 Å². The molecule has 0 aliphatic carbocycles. The number of nitrogen functional groups attached to an aromatic ring is 1. The minimum absolute atomic E-state index is 0. The van der Waals surface area contributed by atoms with E-state index < -0.39 is 0 Å². The average molecular weight is 486 g/mol. The van der Waals surface area contributed by atoms with E-state index in [1.807, 2.05) is 36.4 Å². The number of phenolic OH excluding ortho intramolecular Hbond substituents is 1. The van der Waals surface area contributed by atoms with E-state index in [1.165, 1.54) is 0 Å². The van der Waals surface area contributed by atoms with Crippen LogP contribution >= 0.6 is 50.9 Å². The van der Waals surface area contributed by atoms with Gasteiger partial charge in [-0.1, -0.05) is 24.3 Å². The van der Waals surface area contributed by atoms with E-state index in [0.29, 0.717) is 6.54 Å². The molecule has 0 saturated heterocycles. The number of nitrogens with two attached hydrogens (primary N) is 1. The van der Waals surface area contributed by atoms with E-state index in [4.69, 9.17) is 5.73 Å². The number of aromatic hydroxyl groups is 1. The largest absolute Gasteiger partial charge is 0.506 e. The molecule has 0 atom stereocenters. The SMILES string of the molecule is Br.Br.Br.Nc1ccccc1NCCNc1ccccc1O. The fraction of sp³-hybridized carbons (Fsp3) is 0.143. The monoisotopic (exact) mass is 483 g/mol. The highest BCUT2D eigenvalue weighted by molar-refractivity contribution is 8.93. The lowest BCUT2D eigenvalue weighted by atomic mass is 10.2. The molecule has 21 heavy (non-hydrogen) atoms. The third kappa shape index (κ3) is 7.06. The molecule has 0 aliphatic rings. The van der Waals surface area contributed by atoms with Crippen molar-refractivity contribution in [1.82, 2.24) is 0 Å². The van der Waals surface area contributed by atoms with Crippen molar-refractivity contribution in [2.45, 2.75) is 0 Å². The van der Waals surface area contributed by atoms with Gasteiger partial charge in [0.2, 0.25) is 0 Å². The van der Waals surface area contributed by atoms with Gasteiger partial charge in [-0.05, 0) is 24.3 Å². The molecule has 2 aromatic carbocycles. The summed E-state index contributed by atoms with van der Waals surface area (Å²) in [6, 6.07) is 14.8. The quantitative estimate of drug-likeness (QED) is 0.290. The highest BCUT2D eigenvalue weighted by atomic mass is 79.9. The molecule has 0 amide bonds. The average Bonchev–Trinajstić information content (AvgIpc) is 2.38. The Hall–Kier alpha value is -0.920. The maximum Gasteiger partial charge on any atom is 0.138 e. The van der Waals surface area contributed by atoms with Crippen molar-refractivity contribution in [3.8, 4) is 5.75 Å². The summed E-state index contributed by atoms with van der Waals surface area (Å²) in [6.45, 7) is 1.43. The molecule has 2 rings (SSSR count). The van der Waals surface area contributed by atoms with E-state index in [9.17, 15) is 5.11 Å². The highest BCUT2D eigenvalue weighted by Crippen LogP contribution is 2.21. The van der Waals surface area contributed by atoms with E-state index >= 15 is 0 Å². The van der Waals surface area contributed by atoms with Crippen LogP contribution in [0.2, 0.25) is 0 Å². The lowest BCUT2D eigenvalue weighted by Gasteiger charge is -2.11. The van der Waals surface area contributed by atoms with Gasteiger partial charge in [0.25, 0.3) is 0 Å². The number of para-hydroxylation sites is 4.